The van der Waals surface area contributed by atoms with E-state index >= 15 is 0 Å². The zero-order valence-electron chi connectivity index (χ0n) is 10.5. The van der Waals surface area contributed by atoms with Gasteiger partial charge in [-0.3, -0.25) is 4.79 Å². The number of nitrogens with one attached hydrogen (secondary N) is 1. The Labute approximate surface area is 111 Å². The van der Waals surface area contributed by atoms with Gasteiger partial charge in [0.2, 0.25) is 18.2 Å². The molecule has 1 heterocycles. The normalized spacial score (nSPS) is 10.4. The van der Waals surface area contributed by atoms with E-state index in [1.807, 2.05) is 18.2 Å². The fraction of sp³-hybridized carbons (Fsp3) is 0.308. The number of benzene rings is 1. The maximum atomic E-state index is 11.7. The molecule has 0 aliphatic rings. The van der Waals surface area contributed by atoms with Crippen molar-refractivity contribution in [1.82, 2.24) is 10.2 Å². The quantitative estimate of drug-likeness (QED) is 0.772. The van der Waals surface area contributed by atoms with Gasteiger partial charge in [0.05, 0.1) is 0 Å². The Bertz CT molecular complexity index is 525. The Balaban J connectivity index is 1.97. The van der Waals surface area contributed by atoms with Crippen LogP contribution in [0.1, 0.15) is 19.3 Å². The lowest BCUT2D eigenvalue weighted by atomic mass is 10.2. The minimum Gasteiger partial charge on any atom is -0.423 e. The molecule has 2 rings (SSSR count). The SMILES string of the molecule is NCCCCC(=O)Nc1cccc(-c2nnco2)c1. The van der Waals surface area contributed by atoms with Crippen LogP contribution in [0.15, 0.2) is 35.1 Å². The number of amides is 1. The molecule has 0 atom stereocenters. The first-order valence-electron chi connectivity index (χ1n) is 6.16. The molecule has 3 N–H and O–H groups in total. The number of carbonyl (C=O) groups is 1. The van der Waals surface area contributed by atoms with Crippen molar-refractivity contribution < 1.29 is 9.21 Å². The van der Waals surface area contributed by atoms with Crippen LogP contribution >= 0.6 is 0 Å². The van der Waals surface area contributed by atoms with Crippen molar-refractivity contribution in [2.24, 2.45) is 5.73 Å². The van der Waals surface area contributed by atoms with Crippen molar-refractivity contribution in [3.8, 4) is 11.5 Å². The Morgan fingerprint density at radius 3 is 3.00 bits per heavy atom. The van der Waals surface area contributed by atoms with E-state index in [2.05, 4.69) is 15.5 Å². The van der Waals surface area contributed by atoms with Crippen LogP contribution in [0.5, 0.6) is 0 Å². The Hall–Kier alpha value is -2.21. The van der Waals surface area contributed by atoms with Gasteiger partial charge in [-0.25, -0.2) is 0 Å². The van der Waals surface area contributed by atoms with Crippen molar-refractivity contribution >= 4 is 11.6 Å². The van der Waals surface area contributed by atoms with Gasteiger partial charge in [0.1, 0.15) is 0 Å². The molecular formula is C13H16N4O2. The molecule has 1 aromatic carbocycles. The van der Waals surface area contributed by atoms with Crippen LogP contribution in [-0.4, -0.2) is 22.6 Å². The lowest BCUT2D eigenvalue weighted by Crippen LogP contribution is -2.12. The van der Waals surface area contributed by atoms with Crippen LogP contribution in [0, 0.1) is 0 Å². The summed E-state index contributed by atoms with van der Waals surface area (Å²) in [5, 5.41) is 10.3. The number of carbonyl (C=O) groups excluding carboxylic acids is 1. The molecule has 0 spiro atoms. The molecule has 0 aliphatic heterocycles. The Morgan fingerprint density at radius 2 is 2.26 bits per heavy atom. The summed E-state index contributed by atoms with van der Waals surface area (Å²) in [6, 6.07) is 7.29. The summed E-state index contributed by atoms with van der Waals surface area (Å²) in [7, 11) is 0. The number of anilines is 1. The molecule has 6 nitrogen and oxygen atoms in total. The molecule has 0 unspecified atom stereocenters. The van der Waals surface area contributed by atoms with Gasteiger partial charge in [0, 0.05) is 17.7 Å². The largest absolute Gasteiger partial charge is 0.423 e. The van der Waals surface area contributed by atoms with Gasteiger partial charge in [-0.1, -0.05) is 6.07 Å². The molecule has 0 saturated carbocycles. The van der Waals surface area contributed by atoms with E-state index in [9.17, 15) is 4.79 Å². The highest BCUT2D eigenvalue weighted by molar-refractivity contribution is 5.91. The third-order valence-corrected chi connectivity index (χ3v) is 2.61. The Kier molecular flexibility index (Phi) is 4.63. The van der Waals surface area contributed by atoms with Crippen molar-refractivity contribution in [2.75, 3.05) is 11.9 Å². The van der Waals surface area contributed by atoms with Gasteiger partial charge in [-0.15, -0.1) is 10.2 Å². The van der Waals surface area contributed by atoms with Gasteiger partial charge >= 0.3 is 0 Å². The zero-order chi connectivity index (χ0) is 13.5. The molecule has 19 heavy (non-hydrogen) atoms. The number of nitrogens with two attached hydrogens (primary N) is 1. The maximum Gasteiger partial charge on any atom is 0.247 e. The number of nitrogens with zero attached hydrogens (tertiary/aromatic N) is 2. The summed E-state index contributed by atoms with van der Waals surface area (Å²) in [5.41, 5.74) is 6.88. The van der Waals surface area contributed by atoms with Gasteiger partial charge in [-0.2, -0.15) is 0 Å². The molecule has 0 fully saturated rings. The molecular weight excluding hydrogens is 244 g/mol. The standard InChI is InChI=1S/C13H16N4O2/c14-7-2-1-6-12(18)16-11-5-3-4-10(8-11)13-17-15-9-19-13/h3-5,8-9H,1-2,6-7,14H2,(H,16,18). The van der Waals surface area contributed by atoms with E-state index in [-0.39, 0.29) is 5.91 Å². The highest BCUT2D eigenvalue weighted by Crippen LogP contribution is 2.20. The first-order valence-corrected chi connectivity index (χ1v) is 6.16. The smallest absolute Gasteiger partial charge is 0.247 e. The monoisotopic (exact) mass is 260 g/mol. The highest BCUT2D eigenvalue weighted by Gasteiger charge is 2.06. The zero-order valence-corrected chi connectivity index (χ0v) is 10.5. The number of hydrogen-bond acceptors (Lipinski definition) is 5. The highest BCUT2D eigenvalue weighted by atomic mass is 16.4. The second-order valence-electron chi connectivity index (χ2n) is 4.12. The first kappa shape index (κ1) is 13.2. The van der Waals surface area contributed by atoms with Crippen molar-refractivity contribution in [1.29, 1.82) is 0 Å². The minimum atomic E-state index is -0.0175. The molecule has 2 aromatic rings. The van der Waals surface area contributed by atoms with Crippen LogP contribution in [0.25, 0.3) is 11.5 Å². The van der Waals surface area contributed by atoms with E-state index < -0.39 is 0 Å². The van der Waals surface area contributed by atoms with Crippen molar-refractivity contribution in [3.63, 3.8) is 0 Å². The van der Waals surface area contributed by atoms with E-state index in [4.69, 9.17) is 10.2 Å². The predicted molar refractivity (Wildman–Crippen MR) is 71.3 cm³/mol. The van der Waals surface area contributed by atoms with Crippen LogP contribution < -0.4 is 11.1 Å². The van der Waals surface area contributed by atoms with Gasteiger partial charge in [-0.05, 0) is 37.6 Å². The van der Waals surface area contributed by atoms with Gasteiger partial charge in [0.15, 0.2) is 0 Å². The van der Waals surface area contributed by atoms with E-state index in [0.717, 1.165) is 18.4 Å². The first-order chi connectivity index (χ1) is 9.29. The summed E-state index contributed by atoms with van der Waals surface area (Å²) in [5.74, 6) is 0.412. The lowest BCUT2D eigenvalue weighted by Gasteiger charge is -2.05. The van der Waals surface area contributed by atoms with E-state index in [0.29, 0.717) is 24.5 Å². The topological polar surface area (TPSA) is 94.0 Å². The average Bonchev–Trinajstić information content (AvgIpc) is 2.93. The second kappa shape index (κ2) is 6.65. The van der Waals surface area contributed by atoms with E-state index in [1.165, 1.54) is 6.39 Å². The molecule has 1 aromatic heterocycles. The molecule has 0 radical (unpaired) electrons. The van der Waals surface area contributed by atoms with E-state index in [1.54, 1.807) is 6.07 Å². The van der Waals surface area contributed by atoms with Crippen molar-refractivity contribution in [2.45, 2.75) is 19.3 Å². The maximum absolute atomic E-state index is 11.7. The van der Waals surface area contributed by atoms with Gasteiger partial charge < -0.3 is 15.5 Å². The number of aromatic nitrogens is 2. The summed E-state index contributed by atoms with van der Waals surface area (Å²) < 4.78 is 5.11. The van der Waals surface area contributed by atoms with Gasteiger partial charge in [0.25, 0.3) is 0 Å². The average molecular weight is 260 g/mol. The second-order valence-corrected chi connectivity index (χ2v) is 4.12. The van der Waals surface area contributed by atoms with Crippen LogP contribution in [-0.2, 0) is 4.79 Å². The molecule has 0 aliphatic carbocycles. The lowest BCUT2D eigenvalue weighted by molar-refractivity contribution is -0.116. The number of unbranched alkanes of at least 4 members (excludes halogenated alkanes) is 1. The summed E-state index contributed by atoms with van der Waals surface area (Å²) >= 11 is 0. The Morgan fingerprint density at radius 1 is 1.37 bits per heavy atom. The molecule has 6 heteroatoms. The number of hydrogen-bond donors (Lipinski definition) is 2. The van der Waals surface area contributed by atoms with Crippen LogP contribution in [0.3, 0.4) is 0 Å². The molecule has 100 valence electrons. The predicted octanol–water partition coefficient (Wildman–Crippen LogP) is 1.80. The summed E-state index contributed by atoms with van der Waals surface area (Å²) in [6.07, 6.45) is 3.40. The minimum absolute atomic E-state index is 0.0175. The van der Waals surface area contributed by atoms with Crippen molar-refractivity contribution in [3.05, 3.63) is 30.7 Å². The fourth-order valence-corrected chi connectivity index (χ4v) is 1.68. The van der Waals surface area contributed by atoms with Crippen LogP contribution in [0.2, 0.25) is 0 Å². The third-order valence-electron chi connectivity index (χ3n) is 2.61. The summed E-state index contributed by atoms with van der Waals surface area (Å²) in [6.45, 7) is 0.611. The molecule has 1 amide bonds. The number of rotatable bonds is 6. The fourth-order valence-electron chi connectivity index (χ4n) is 1.68. The third kappa shape index (κ3) is 3.89. The summed E-state index contributed by atoms with van der Waals surface area (Å²) in [4.78, 5) is 11.7. The van der Waals surface area contributed by atoms with Crippen LogP contribution in [0.4, 0.5) is 5.69 Å². The molecule has 0 saturated heterocycles. The molecule has 0 bridgehead atoms.